The number of amides is 1. The zero-order valence-corrected chi connectivity index (χ0v) is 23.3. The van der Waals surface area contributed by atoms with Gasteiger partial charge < -0.3 is 37.5 Å². The number of halogens is 1. The molecule has 0 saturated carbocycles. The van der Waals surface area contributed by atoms with Gasteiger partial charge in [0, 0.05) is 5.75 Å². The number of esters is 1. The standard InChI is InChI=1S/C27H31N2O4PS.BrH/c28-25(21-35)27(31)29-20-26(30)33-17-16-32-18-19-34(22-10-4-1-5-11-22,23-12-6-2-7-13-23)24-14-8-3-9-15-24;/h1-15,25H,16-21,28H2,(H-,29,31,35);1H/t25-;/m0./s1. The summed E-state index contributed by atoms with van der Waals surface area (Å²) in [6.07, 6.45) is 0.816. The van der Waals surface area contributed by atoms with Gasteiger partial charge >= 0.3 is 5.97 Å². The summed E-state index contributed by atoms with van der Waals surface area (Å²) in [7, 11) is -1.95. The van der Waals surface area contributed by atoms with Crippen molar-refractivity contribution < 1.29 is 36.0 Å². The molecule has 6 nitrogen and oxygen atoms in total. The summed E-state index contributed by atoms with van der Waals surface area (Å²) in [5.41, 5.74) is 5.56. The lowest BCUT2D eigenvalue weighted by molar-refractivity contribution is -0.145. The maximum Gasteiger partial charge on any atom is 0.325 e. The molecule has 0 spiro atoms. The van der Waals surface area contributed by atoms with Crippen LogP contribution in [0.3, 0.4) is 0 Å². The largest absolute Gasteiger partial charge is 1.00 e. The fourth-order valence-electron chi connectivity index (χ4n) is 3.82. The highest BCUT2D eigenvalue weighted by Crippen LogP contribution is 2.54. The lowest BCUT2D eigenvalue weighted by Gasteiger charge is -2.27. The average Bonchev–Trinajstić information content (AvgIpc) is 2.92. The number of rotatable bonds is 13. The van der Waals surface area contributed by atoms with Crippen LogP contribution < -0.4 is 43.9 Å². The van der Waals surface area contributed by atoms with Crippen LogP contribution in [-0.2, 0) is 19.1 Å². The Bertz CT molecular complexity index is 964. The molecule has 3 aromatic carbocycles. The van der Waals surface area contributed by atoms with Crippen LogP contribution in [0.1, 0.15) is 0 Å². The summed E-state index contributed by atoms with van der Waals surface area (Å²) < 4.78 is 11.1. The molecule has 0 aliphatic rings. The van der Waals surface area contributed by atoms with E-state index < -0.39 is 25.2 Å². The van der Waals surface area contributed by atoms with Crippen molar-refractivity contribution in [2.75, 3.05) is 38.3 Å². The summed E-state index contributed by atoms with van der Waals surface area (Å²) in [4.78, 5) is 23.5. The molecule has 192 valence electrons. The van der Waals surface area contributed by atoms with E-state index in [-0.39, 0.29) is 42.5 Å². The Morgan fingerprint density at radius 2 is 1.28 bits per heavy atom. The Balaban J connectivity index is 0.00000456. The molecular formula is C27H32BrN2O4PS. The van der Waals surface area contributed by atoms with Gasteiger partial charge in [-0.3, -0.25) is 9.59 Å². The third kappa shape index (κ3) is 8.15. The second-order valence-corrected chi connectivity index (χ2v) is 11.9. The molecule has 0 fully saturated rings. The summed E-state index contributed by atoms with van der Waals surface area (Å²) in [6.45, 7) is 0.664. The number of hydrogen-bond acceptors (Lipinski definition) is 6. The van der Waals surface area contributed by atoms with Crippen LogP contribution >= 0.6 is 19.9 Å². The molecule has 1 amide bonds. The molecule has 3 aromatic rings. The van der Waals surface area contributed by atoms with Crippen LogP contribution in [0.25, 0.3) is 0 Å². The quantitative estimate of drug-likeness (QED) is 0.102. The molecule has 0 bridgehead atoms. The Kier molecular flexibility index (Phi) is 13.2. The van der Waals surface area contributed by atoms with E-state index in [1.807, 2.05) is 18.2 Å². The van der Waals surface area contributed by atoms with Gasteiger partial charge in [-0.15, -0.1) is 0 Å². The van der Waals surface area contributed by atoms with Crippen molar-refractivity contribution in [1.82, 2.24) is 5.32 Å². The lowest BCUT2D eigenvalue weighted by Crippen LogP contribution is -3.00. The van der Waals surface area contributed by atoms with Crippen molar-refractivity contribution in [1.29, 1.82) is 0 Å². The summed E-state index contributed by atoms with van der Waals surface area (Å²) in [6, 6.07) is 31.0. The van der Waals surface area contributed by atoms with Crippen LogP contribution in [0.4, 0.5) is 0 Å². The molecule has 0 radical (unpaired) electrons. The Labute approximate surface area is 229 Å². The van der Waals surface area contributed by atoms with Crippen molar-refractivity contribution in [2.45, 2.75) is 6.04 Å². The minimum atomic E-state index is -1.95. The summed E-state index contributed by atoms with van der Waals surface area (Å²) in [5, 5.41) is 6.32. The fourth-order valence-corrected chi connectivity index (χ4v) is 8.11. The minimum Gasteiger partial charge on any atom is -1.00 e. The fraction of sp³-hybridized carbons (Fsp3) is 0.259. The Morgan fingerprint density at radius 3 is 1.72 bits per heavy atom. The van der Waals surface area contributed by atoms with E-state index in [9.17, 15) is 9.59 Å². The lowest BCUT2D eigenvalue weighted by atomic mass is 10.3. The normalized spacial score (nSPS) is 11.7. The van der Waals surface area contributed by atoms with Crippen LogP contribution in [0.15, 0.2) is 91.0 Å². The van der Waals surface area contributed by atoms with Gasteiger partial charge in [0.25, 0.3) is 0 Å². The van der Waals surface area contributed by atoms with Crippen molar-refractivity contribution in [3.8, 4) is 0 Å². The molecule has 0 heterocycles. The van der Waals surface area contributed by atoms with Gasteiger partial charge in [0.2, 0.25) is 5.91 Å². The number of carbonyl (C=O) groups is 2. The van der Waals surface area contributed by atoms with E-state index in [1.54, 1.807) is 0 Å². The number of nitrogens with one attached hydrogen (secondary N) is 1. The first kappa shape index (κ1) is 30.0. The number of ether oxygens (including phenoxy) is 2. The Morgan fingerprint density at radius 1 is 0.806 bits per heavy atom. The SMILES string of the molecule is N[C@@H](CS)C(=O)NCC(=O)OCCOCC[P+](c1ccccc1)(c1ccccc1)c1ccccc1.[Br-]. The first-order valence-electron chi connectivity index (χ1n) is 11.5. The summed E-state index contributed by atoms with van der Waals surface area (Å²) >= 11 is 3.96. The molecule has 3 N–H and O–H groups in total. The molecule has 0 aliphatic heterocycles. The van der Waals surface area contributed by atoms with E-state index >= 15 is 0 Å². The smallest absolute Gasteiger partial charge is 0.325 e. The number of thiol groups is 1. The van der Waals surface area contributed by atoms with Crippen molar-refractivity contribution in [3.63, 3.8) is 0 Å². The molecule has 0 unspecified atom stereocenters. The van der Waals surface area contributed by atoms with Crippen molar-refractivity contribution >= 4 is 47.7 Å². The number of nitrogens with two attached hydrogens (primary N) is 1. The predicted octanol–water partition coefficient (Wildman–Crippen LogP) is -1.08. The Hall–Kier alpha value is -2.22. The van der Waals surface area contributed by atoms with E-state index in [2.05, 4.69) is 90.7 Å². The molecule has 0 saturated heterocycles. The monoisotopic (exact) mass is 590 g/mol. The first-order valence-corrected chi connectivity index (χ1v) is 14.1. The highest BCUT2D eigenvalue weighted by molar-refractivity contribution is 7.95. The van der Waals surface area contributed by atoms with Crippen molar-refractivity contribution in [3.05, 3.63) is 91.0 Å². The molecule has 9 heteroatoms. The van der Waals surface area contributed by atoms with Gasteiger partial charge in [-0.1, -0.05) is 54.6 Å². The van der Waals surface area contributed by atoms with Gasteiger partial charge in [-0.2, -0.15) is 12.6 Å². The zero-order chi connectivity index (χ0) is 24.9. The van der Waals surface area contributed by atoms with Gasteiger partial charge in [-0.05, 0) is 36.4 Å². The minimum absolute atomic E-state index is 0. The van der Waals surface area contributed by atoms with Crippen molar-refractivity contribution in [2.24, 2.45) is 5.73 Å². The first-order chi connectivity index (χ1) is 17.1. The van der Waals surface area contributed by atoms with Gasteiger partial charge in [0.1, 0.15) is 36.3 Å². The van der Waals surface area contributed by atoms with E-state index in [1.165, 1.54) is 15.9 Å². The summed E-state index contributed by atoms with van der Waals surface area (Å²) in [5.74, 6) is -0.766. The second kappa shape index (κ2) is 15.8. The molecule has 1 atom stereocenters. The van der Waals surface area contributed by atoms with Gasteiger partial charge in [-0.25, -0.2) is 0 Å². The maximum absolute atomic E-state index is 11.9. The third-order valence-electron chi connectivity index (χ3n) is 5.59. The predicted molar refractivity (Wildman–Crippen MR) is 147 cm³/mol. The van der Waals surface area contributed by atoms with Gasteiger partial charge in [0.15, 0.2) is 0 Å². The van der Waals surface area contributed by atoms with Crippen LogP contribution in [0, 0.1) is 0 Å². The molecular weight excluding hydrogens is 559 g/mol. The zero-order valence-electron chi connectivity index (χ0n) is 20.0. The molecule has 0 aromatic heterocycles. The van der Waals surface area contributed by atoms with Crippen LogP contribution in [0.2, 0.25) is 0 Å². The highest BCUT2D eigenvalue weighted by atomic mass is 79.9. The van der Waals surface area contributed by atoms with Crippen LogP contribution in [-0.4, -0.2) is 56.2 Å². The maximum atomic E-state index is 11.9. The third-order valence-corrected chi connectivity index (χ3v) is 10.4. The molecule has 36 heavy (non-hydrogen) atoms. The highest BCUT2D eigenvalue weighted by Gasteiger charge is 2.44. The van der Waals surface area contributed by atoms with Crippen LogP contribution in [0.5, 0.6) is 0 Å². The molecule has 3 rings (SSSR count). The van der Waals surface area contributed by atoms with E-state index in [0.29, 0.717) is 6.61 Å². The van der Waals surface area contributed by atoms with E-state index in [0.717, 1.165) is 6.16 Å². The van der Waals surface area contributed by atoms with Gasteiger partial charge in [0.05, 0.1) is 25.4 Å². The number of hydrogen-bond donors (Lipinski definition) is 3. The molecule has 0 aliphatic carbocycles. The second-order valence-electron chi connectivity index (χ2n) is 7.88. The average molecular weight is 592 g/mol. The topological polar surface area (TPSA) is 90.7 Å². The number of benzene rings is 3. The number of carbonyl (C=O) groups excluding carboxylic acids is 2. The van der Waals surface area contributed by atoms with E-state index in [4.69, 9.17) is 15.2 Å².